The molecule has 0 saturated carbocycles. The summed E-state index contributed by atoms with van der Waals surface area (Å²) in [5.41, 5.74) is 1.69. The molecule has 0 amide bonds. The maximum absolute atomic E-state index is 13.0. The third-order valence-electron chi connectivity index (χ3n) is 3.89. The molecule has 1 aliphatic rings. The normalized spacial score (nSPS) is 17.3. The van der Waals surface area contributed by atoms with Crippen molar-refractivity contribution in [2.45, 2.75) is 18.9 Å². The topological polar surface area (TPSA) is 62.3 Å². The van der Waals surface area contributed by atoms with E-state index in [1.165, 1.54) is 34.0 Å². The molecule has 5 nitrogen and oxygen atoms in total. The van der Waals surface area contributed by atoms with Gasteiger partial charge in [0.15, 0.2) is 5.13 Å². The number of thiazole rings is 1. The van der Waals surface area contributed by atoms with Gasteiger partial charge in [0.1, 0.15) is 5.82 Å². The Hall–Kier alpha value is -1.51. The second-order valence-electron chi connectivity index (χ2n) is 5.63. The van der Waals surface area contributed by atoms with Crippen LogP contribution in [0.15, 0.2) is 29.6 Å². The molecule has 0 spiro atoms. The average molecular weight is 355 g/mol. The molecule has 0 aliphatic carbocycles. The standard InChI is InChI=1S/C15H18FN3O2S2/c1-23(20,21)19-8-6-13(7-9-19)17-15-18-14(10-22-15)11-2-4-12(16)5-3-11/h2-5,10,13H,6-9H2,1H3,(H,17,18). The fraction of sp³-hybridized carbons (Fsp3) is 0.400. The zero-order valence-corrected chi connectivity index (χ0v) is 14.3. The fourth-order valence-electron chi connectivity index (χ4n) is 2.60. The van der Waals surface area contributed by atoms with Gasteiger partial charge in [0.25, 0.3) is 0 Å². The van der Waals surface area contributed by atoms with Crippen LogP contribution in [0.4, 0.5) is 9.52 Å². The molecule has 0 bridgehead atoms. The minimum absolute atomic E-state index is 0.222. The Morgan fingerprint density at radius 3 is 2.52 bits per heavy atom. The number of aromatic nitrogens is 1. The SMILES string of the molecule is CS(=O)(=O)N1CCC(Nc2nc(-c3ccc(F)cc3)cs2)CC1. The van der Waals surface area contributed by atoms with Crippen LogP contribution in [0, 0.1) is 5.82 Å². The second kappa shape index (κ2) is 6.54. The predicted octanol–water partition coefficient (Wildman–Crippen LogP) is 2.79. The second-order valence-corrected chi connectivity index (χ2v) is 8.47. The summed E-state index contributed by atoms with van der Waals surface area (Å²) in [7, 11) is -3.10. The minimum atomic E-state index is -3.10. The highest BCUT2D eigenvalue weighted by Crippen LogP contribution is 2.27. The number of hydrogen-bond acceptors (Lipinski definition) is 5. The molecule has 8 heteroatoms. The Morgan fingerprint density at radius 2 is 1.91 bits per heavy atom. The summed E-state index contributed by atoms with van der Waals surface area (Å²) in [6, 6.07) is 6.48. The van der Waals surface area contributed by atoms with Crippen molar-refractivity contribution in [3.63, 3.8) is 0 Å². The van der Waals surface area contributed by atoms with E-state index in [4.69, 9.17) is 0 Å². The maximum Gasteiger partial charge on any atom is 0.211 e. The molecule has 1 aromatic carbocycles. The Labute approximate surface area is 139 Å². The summed E-state index contributed by atoms with van der Waals surface area (Å²) in [6.07, 6.45) is 2.77. The van der Waals surface area contributed by atoms with Gasteiger partial charge in [-0.15, -0.1) is 11.3 Å². The van der Waals surface area contributed by atoms with E-state index in [0.29, 0.717) is 13.1 Å². The number of halogens is 1. The van der Waals surface area contributed by atoms with E-state index in [1.54, 1.807) is 12.1 Å². The first-order valence-electron chi connectivity index (χ1n) is 7.35. The van der Waals surface area contributed by atoms with Crippen molar-refractivity contribution in [2.75, 3.05) is 24.7 Å². The highest BCUT2D eigenvalue weighted by molar-refractivity contribution is 7.88. The summed E-state index contributed by atoms with van der Waals surface area (Å²) < 4.78 is 37.5. The Morgan fingerprint density at radius 1 is 1.26 bits per heavy atom. The van der Waals surface area contributed by atoms with Crippen LogP contribution in [0.2, 0.25) is 0 Å². The van der Waals surface area contributed by atoms with E-state index in [-0.39, 0.29) is 11.9 Å². The highest BCUT2D eigenvalue weighted by Gasteiger charge is 2.25. The molecule has 1 aromatic heterocycles. The fourth-order valence-corrected chi connectivity index (χ4v) is 4.27. The van der Waals surface area contributed by atoms with Crippen molar-refractivity contribution in [1.82, 2.24) is 9.29 Å². The van der Waals surface area contributed by atoms with Gasteiger partial charge >= 0.3 is 0 Å². The van der Waals surface area contributed by atoms with Crippen LogP contribution in [-0.2, 0) is 10.0 Å². The van der Waals surface area contributed by atoms with Gasteiger partial charge < -0.3 is 5.32 Å². The molecule has 124 valence electrons. The lowest BCUT2D eigenvalue weighted by molar-refractivity contribution is 0.332. The highest BCUT2D eigenvalue weighted by atomic mass is 32.2. The number of piperidine rings is 1. The molecule has 1 aliphatic heterocycles. The number of rotatable bonds is 4. The van der Waals surface area contributed by atoms with E-state index in [0.717, 1.165) is 29.2 Å². The van der Waals surface area contributed by atoms with Crippen molar-refractivity contribution in [1.29, 1.82) is 0 Å². The first-order valence-corrected chi connectivity index (χ1v) is 10.1. The van der Waals surface area contributed by atoms with Crippen LogP contribution in [-0.4, -0.2) is 43.1 Å². The van der Waals surface area contributed by atoms with E-state index < -0.39 is 10.0 Å². The first-order chi connectivity index (χ1) is 10.9. The molecule has 2 heterocycles. The molecule has 2 aromatic rings. The summed E-state index contributed by atoms with van der Waals surface area (Å²) in [5.74, 6) is -0.264. The van der Waals surface area contributed by atoms with Crippen LogP contribution < -0.4 is 5.32 Å². The quantitative estimate of drug-likeness (QED) is 0.916. The average Bonchev–Trinajstić information content (AvgIpc) is 2.96. The van der Waals surface area contributed by atoms with Crippen molar-refractivity contribution in [3.8, 4) is 11.3 Å². The van der Waals surface area contributed by atoms with Gasteiger partial charge in [-0.25, -0.2) is 22.1 Å². The maximum atomic E-state index is 13.0. The number of nitrogens with one attached hydrogen (secondary N) is 1. The van der Waals surface area contributed by atoms with E-state index in [9.17, 15) is 12.8 Å². The van der Waals surface area contributed by atoms with Crippen LogP contribution >= 0.6 is 11.3 Å². The molecular weight excluding hydrogens is 337 g/mol. The molecule has 1 fully saturated rings. The number of benzene rings is 1. The van der Waals surface area contributed by atoms with Crippen LogP contribution in [0.1, 0.15) is 12.8 Å². The monoisotopic (exact) mass is 355 g/mol. The Balaban J connectivity index is 1.61. The summed E-state index contributed by atoms with van der Waals surface area (Å²) in [6.45, 7) is 1.07. The van der Waals surface area contributed by atoms with Gasteiger partial charge in [-0.2, -0.15) is 0 Å². The molecule has 1 saturated heterocycles. The van der Waals surface area contributed by atoms with Crippen molar-refractivity contribution in [3.05, 3.63) is 35.5 Å². The molecule has 0 atom stereocenters. The number of sulfonamides is 1. The van der Waals surface area contributed by atoms with Gasteiger partial charge in [-0.1, -0.05) is 0 Å². The molecule has 23 heavy (non-hydrogen) atoms. The summed E-state index contributed by atoms with van der Waals surface area (Å²) in [4.78, 5) is 4.53. The zero-order valence-electron chi connectivity index (χ0n) is 12.7. The molecule has 1 N–H and O–H groups in total. The van der Waals surface area contributed by atoms with Gasteiger partial charge in [-0.05, 0) is 37.1 Å². The van der Waals surface area contributed by atoms with E-state index in [2.05, 4.69) is 10.3 Å². The number of nitrogens with zero attached hydrogens (tertiary/aromatic N) is 2. The van der Waals surface area contributed by atoms with Gasteiger partial charge in [-0.3, -0.25) is 0 Å². The third kappa shape index (κ3) is 4.07. The lowest BCUT2D eigenvalue weighted by Gasteiger charge is -2.30. The number of hydrogen-bond donors (Lipinski definition) is 1. The molecule has 0 unspecified atom stereocenters. The molecular formula is C15H18FN3O2S2. The zero-order chi connectivity index (χ0) is 16.4. The smallest absolute Gasteiger partial charge is 0.211 e. The Kier molecular flexibility index (Phi) is 4.65. The summed E-state index contributed by atoms with van der Waals surface area (Å²) in [5, 5.41) is 6.11. The Bertz CT molecular complexity index is 766. The minimum Gasteiger partial charge on any atom is -0.359 e. The van der Waals surface area contributed by atoms with Gasteiger partial charge in [0, 0.05) is 30.1 Å². The van der Waals surface area contributed by atoms with Crippen molar-refractivity contribution in [2.24, 2.45) is 0 Å². The largest absolute Gasteiger partial charge is 0.359 e. The number of anilines is 1. The van der Waals surface area contributed by atoms with Gasteiger partial charge in [0.05, 0.1) is 11.9 Å². The van der Waals surface area contributed by atoms with Crippen LogP contribution in [0.25, 0.3) is 11.3 Å². The van der Waals surface area contributed by atoms with Gasteiger partial charge in [0.2, 0.25) is 10.0 Å². The van der Waals surface area contributed by atoms with Crippen LogP contribution in [0.3, 0.4) is 0 Å². The molecule has 3 rings (SSSR count). The van der Waals surface area contributed by atoms with Crippen molar-refractivity contribution >= 4 is 26.5 Å². The van der Waals surface area contributed by atoms with E-state index in [1.807, 2.05) is 5.38 Å². The first kappa shape index (κ1) is 16.4. The third-order valence-corrected chi connectivity index (χ3v) is 5.97. The lowest BCUT2D eigenvalue weighted by atomic mass is 10.1. The predicted molar refractivity (Wildman–Crippen MR) is 90.6 cm³/mol. The van der Waals surface area contributed by atoms with Crippen molar-refractivity contribution < 1.29 is 12.8 Å². The summed E-state index contributed by atoms with van der Waals surface area (Å²) >= 11 is 1.50. The molecule has 0 radical (unpaired) electrons. The van der Waals surface area contributed by atoms with E-state index >= 15 is 0 Å². The lowest BCUT2D eigenvalue weighted by Crippen LogP contribution is -2.41. The van der Waals surface area contributed by atoms with Crippen LogP contribution in [0.5, 0.6) is 0 Å².